The van der Waals surface area contributed by atoms with Gasteiger partial charge in [-0.25, -0.2) is 0 Å². The molecule has 3 aromatic rings. The molecule has 1 heterocycles. The Balaban J connectivity index is 2.38. The molecule has 0 aliphatic rings. The molecule has 0 saturated heterocycles. The lowest BCUT2D eigenvalue weighted by molar-refractivity contribution is 0.293. The monoisotopic (exact) mass is 584 g/mol. The number of aromatic hydroxyl groups is 1. The van der Waals surface area contributed by atoms with E-state index in [1.807, 2.05) is 39.8 Å². The lowest BCUT2D eigenvalue weighted by Crippen LogP contribution is -2.10. The number of alkyl halides is 1. The zero-order valence-electron chi connectivity index (χ0n) is 23.3. The number of ether oxygens (including phenoxy) is 3. The summed E-state index contributed by atoms with van der Waals surface area (Å²) in [6.45, 7) is 8.99. The average molecular weight is 585 g/mol. The summed E-state index contributed by atoms with van der Waals surface area (Å²) in [4.78, 5) is 14.1. The van der Waals surface area contributed by atoms with E-state index in [0.29, 0.717) is 65.4 Å². The van der Waals surface area contributed by atoms with Crippen molar-refractivity contribution in [3.8, 4) is 23.0 Å². The van der Waals surface area contributed by atoms with Gasteiger partial charge in [0.15, 0.2) is 11.5 Å². The highest BCUT2D eigenvalue weighted by Gasteiger charge is 2.24. The van der Waals surface area contributed by atoms with Crippen LogP contribution in [0, 0.1) is 0 Å². The van der Waals surface area contributed by atoms with Crippen LogP contribution in [0.3, 0.4) is 0 Å². The number of benzene rings is 2. The fraction of sp³-hybridized carbons (Fsp3) is 0.433. The summed E-state index contributed by atoms with van der Waals surface area (Å²) in [6.07, 6.45) is 7.62. The molecule has 0 aliphatic carbocycles. The van der Waals surface area contributed by atoms with Crippen molar-refractivity contribution in [2.45, 2.75) is 59.7 Å². The maximum Gasteiger partial charge on any atom is 0.204 e. The summed E-state index contributed by atoms with van der Waals surface area (Å²) in [5, 5.41) is 12.7. The zero-order valence-corrected chi connectivity index (χ0v) is 24.9. The largest absolute Gasteiger partial charge is 0.507 e. The van der Waals surface area contributed by atoms with Crippen molar-refractivity contribution in [1.82, 2.24) is 0 Å². The standard InChI is InChI=1S/C30H38BBrO6/c1-18(2)8-10-20-22(36-15-7-13-32)16-24-27(28(20)33)29(34)26-21(11-9-19(3)4)30(35-5)25(17-23(26)38-24)37-14-6-12-31/h8-9,16-17,33H,6-7,10-15,31H2,1-5H3. The predicted molar refractivity (Wildman–Crippen MR) is 162 cm³/mol. The number of phenols is 1. The van der Waals surface area contributed by atoms with Crippen LogP contribution in [0.15, 0.2) is 44.6 Å². The number of hydrogen-bond donors (Lipinski definition) is 1. The smallest absolute Gasteiger partial charge is 0.204 e. The molecule has 1 aromatic heterocycles. The van der Waals surface area contributed by atoms with E-state index in [4.69, 9.17) is 18.6 Å². The molecule has 8 heteroatoms. The van der Waals surface area contributed by atoms with E-state index in [0.717, 1.165) is 35.6 Å². The van der Waals surface area contributed by atoms with Crippen LogP contribution in [0.25, 0.3) is 21.9 Å². The van der Waals surface area contributed by atoms with Gasteiger partial charge in [-0.05, 0) is 53.4 Å². The first-order valence-electron chi connectivity index (χ1n) is 13.2. The number of rotatable bonds is 13. The topological polar surface area (TPSA) is 78.1 Å². The van der Waals surface area contributed by atoms with Gasteiger partial charge in [-0.3, -0.25) is 4.79 Å². The molecular formula is C30H38BBrO6. The lowest BCUT2D eigenvalue weighted by atomic mass is 9.98. The molecule has 0 saturated carbocycles. The summed E-state index contributed by atoms with van der Waals surface area (Å²) in [7, 11) is 3.68. The van der Waals surface area contributed by atoms with Gasteiger partial charge in [-0.2, -0.15) is 0 Å². The van der Waals surface area contributed by atoms with Crippen LogP contribution in [0.2, 0.25) is 6.32 Å². The Bertz CT molecular complexity index is 1400. The quantitative estimate of drug-likeness (QED) is 0.0795. The second kappa shape index (κ2) is 13.8. The van der Waals surface area contributed by atoms with Gasteiger partial charge in [-0.1, -0.05) is 45.5 Å². The van der Waals surface area contributed by atoms with Crippen LogP contribution in [-0.4, -0.2) is 38.6 Å². The minimum Gasteiger partial charge on any atom is -0.507 e. The van der Waals surface area contributed by atoms with Gasteiger partial charge in [0.1, 0.15) is 35.9 Å². The summed E-state index contributed by atoms with van der Waals surface area (Å²) in [6, 6.07) is 3.44. The molecule has 2 aromatic carbocycles. The Morgan fingerprint density at radius 1 is 0.947 bits per heavy atom. The van der Waals surface area contributed by atoms with Crippen LogP contribution < -0.4 is 19.6 Å². The molecule has 0 amide bonds. The van der Waals surface area contributed by atoms with Crippen molar-refractivity contribution >= 4 is 45.7 Å². The van der Waals surface area contributed by atoms with E-state index in [9.17, 15) is 9.90 Å². The Morgan fingerprint density at radius 3 is 2.13 bits per heavy atom. The van der Waals surface area contributed by atoms with Crippen LogP contribution in [-0.2, 0) is 12.8 Å². The van der Waals surface area contributed by atoms with Crippen molar-refractivity contribution in [3.05, 3.63) is 56.8 Å². The zero-order chi connectivity index (χ0) is 27.8. The van der Waals surface area contributed by atoms with Crippen molar-refractivity contribution in [2.24, 2.45) is 0 Å². The minimum atomic E-state index is -0.306. The van der Waals surface area contributed by atoms with E-state index in [1.165, 1.54) is 0 Å². The van der Waals surface area contributed by atoms with Crippen LogP contribution in [0.4, 0.5) is 0 Å². The third kappa shape index (κ3) is 6.76. The Morgan fingerprint density at radius 2 is 1.53 bits per heavy atom. The Hall–Kier alpha value is -2.87. The molecule has 0 aliphatic heterocycles. The van der Waals surface area contributed by atoms with Crippen LogP contribution in [0.5, 0.6) is 23.0 Å². The fourth-order valence-corrected chi connectivity index (χ4v) is 4.46. The van der Waals surface area contributed by atoms with Gasteiger partial charge in [0, 0.05) is 28.6 Å². The molecule has 204 valence electrons. The molecule has 0 unspecified atom stereocenters. The van der Waals surface area contributed by atoms with Crippen molar-refractivity contribution < 1.29 is 23.7 Å². The summed E-state index contributed by atoms with van der Waals surface area (Å²) in [5.74, 6) is 1.44. The lowest BCUT2D eigenvalue weighted by Gasteiger charge is -2.18. The highest BCUT2D eigenvalue weighted by Crippen LogP contribution is 2.41. The third-order valence-electron chi connectivity index (χ3n) is 6.23. The van der Waals surface area contributed by atoms with E-state index >= 15 is 0 Å². The highest BCUT2D eigenvalue weighted by atomic mass is 79.9. The van der Waals surface area contributed by atoms with Crippen LogP contribution >= 0.6 is 15.9 Å². The molecule has 3 rings (SSSR count). The van der Waals surface area contributed by atoms with E-state index in [2.05, 4.69) is 23.8 Å². The molecule has 0 radical (unpaired) electrons. The number of fused-ring (bicyclic) bond motifs is 2. The molecule has 1 N–H and O–H groups in total. The second-order valence-electron chi connectivity index (χ2n) is 9.83. The predicted octanol–water partition coefficient (Wildman–Crippen LogP) is 6.66. The molecular weight excluding hydrogens is 547 g/mol. The van der Waals surface area contributed by atoms with Gasteiger partial charge < -0.3 is 23.7 Å². The van der Waals surface area contributed by atoms with Gasteiger partial charge in [0.25, 0.3) is 0 Å². The van der Waals surface area contributed by atoms with Gasteiger partial charge in [0.05, 0.1) is 25.7 Å². The molecule has 0 fully saturated rings. The number of methoxy groups -OCH3 is 1. The number of allylic oxidation sites excluding steroid dienone is 4. The number of hydrogen-bond acceptors (Lipinski definition) is 6. The summed E-state index contributed by atoms with van der Waals surface area (Å²) < 4.78 is 24.2. The Labute approximate surface area is 234 Å². The maximum atomic E-state index is 14.1. The average Bonchev–Trinajstić information content (AvgIpc) is 2.86. The van der Waals surface area contributed by atoms with Crippen LogP contribution in [0.1, 0.15) is 51.7 Å². The summed E-state index contributed by atoms with van der Waals surface area (Å²) >= 11 is 3.43. The van der Waals surface area contributed by atoms with Gasteiger partial charge >= 0.3 is 0 Å². The first-order chi connectivity index (χ1) is 18.2. The van der Waals surface area contributed by atoms with Crippen molar-refractivity contribution in [1.29, 1.82) is 0 Å². The van der Waals surface area contributed by atoms with Crippen molar-refractivity contribution in [2.75, 3.05) is 25.7 Å². The molecule has 0 bridgehead atoms. The van der Waals surface area contributed by atoms with Crippen molar-refractivity contribution in [3.63, 3.8) is 0 Å². The summed E-state index contributed by atoms with van der Waals surface area (Å²) in [5.41, 5.74) is 3.81. The first kappa shape index (κ1) is 29.7. The fourth-order valence-electron chi connectivity index (χ4n) is 4.23. The molecule has 38 heavy (non-hydrogen) atoms. The van der Waals surface area contributed by atoms with E-state index in [-0.39, 0.29) is 22.1 Å². The highest BCUT2D eigenvalue weighted by molar-refractivity contribution is 9.09. The molecule has 6 nitrogen and oxygen atoms in total. The minimum absolute atomic E-state index is 0.111. The first-order valence-corrected chi connectivity index (χ1v) is 14.3. The number of phenolic OH excluding ortho intramolecular Hbond substituents is 1. The second-order valence-corrected chi connectivity index (χ2v) is 10.6. The van der Waals surface area contributed by atoms with Gasteiger partial charge in [-0.15, -0.1) is 0 Å². The molecule has 0 atom stereocenters. The SMILES string of the molecule is BCCCOc1cc2oc3cc(OCCCBr)c(CC=C(C)C)c(O)c3c(=O)c2c(CC=C(C)C)c1OC. The normalized spacial score (nSPS) is 11.0. The number of halogens is 1. The Kier molecular flexibility index (Phi) is 10.8. The maximum absolute atomic E-state index is 14.1. The van der Waals surface area contributed by atoms with Gasteiger partial charge in [0.2, 0.25) is 5.43 Å². The van der Waals surface area contributed by atoms with E-state index in [1.54, 1.807) is 19.2 Å². The molecule has 0 spiro atoms. The third-order valence-corrected chi connectivity index (χ3v) is 6.80. The van der Waals surface area contributed by atoms with E-state index < -0.39 is 0 Å².